The minimum absolute atomic E-state index is 0.452. The van der Waals surface area contributed by atoms with E-state index in [1.54, 1.807) is 6.08 Å². The highest BCUT2D eigenvalue weighted by Crippen LogP contribution is 2.30. The summed E-state index contributed by atoms with van der Waals surface area (Å²) >= 11 is 0. The molecule has 2 heteroatoms. The van der Waals surface area contributed by atoms with Crippen molar-refractivity contribution in [3.05, 3.63) is 54.1 Å². The van der Waals surface area contributed by atoms with Gasteiger partial charge in [0.05, 0.1) is 6.07 Å². The Morgan fingerprint density at radius 1 is 1.31 bits per heavy atom. The highest BCUT2D eigenvalue weighted by Gasteiger charge is 2.27. The molecule has 0 radical (unpaired) electrons. The smallest absolute Gasteiger partial charge is 0.144 e. The fraction of sp³-hybridized carbons (Fsp3) is 0.143. The molecular weight excluding hydrogens is 198 g/mol. The second kappa shape index (κ2) is 4.16. The molecule has 1 aliphatic carbocycles. The molecule has 1 aromatic carbocycles. The van der Waals surface area contributed by atoms with E-state index in [0.717, 1.165) is 11.1 Å². The van der Waals surface area contributed by atoms with E-state index in [0.29, 0.717) is 12.7 Å². The topological polar surface area (TPSA) is 40.9 Å². The van der Waals surface area contributed by atoms with Crippen LogP contribution in [-0.4, -0.2) is 6.29 Å². The van der Waals surface area contributed by atoms with Gasteiger partial charge >= 0.3 is 0 Å². The quantitative estimate of drug-likeness (QED) is 0.703. The first-order chi connectivity index (χ1) is 7.79. The predicted octanol–water partition coefficient (Wildman–Crippen LogP) is 2.74. The minimum atomic E-state index is -0.960. The number of aldehydes is 1. The molecule has 16 heavy (non-hydrogen) atoms. The lowest BCUT2D eigenvalue weighted by atomic mass is 9.82. The maximum atomic E-state index is 10.9. The monoisotopic (exact) mass is 209 g/mol. The number of nitriles is 1. The van der Waals surface area contributed by atoms with Gasteiger partial charge in [-0.3, -0.25) is 0 Å². The summed E-state index contributed by atoms with van der Waals surface area (Å²) in [6.07, 6.45) is 6.63. The number of rotatable bonds is 2. The van der Waals surface area contributed by atoms with Gasteiger partial charge in [-0.2, -0.15) is 5.26 Å². The van der Waals surface area contributed by atoms with Crippen LogP contribution >= 0.6 is 0 Å². The summed E-state index contributed by atoms with van der Waals surface area (Å²) in [5, 5.41) is 8.94. The zero-order chi connectivity index (χ0) is 11.4. The van der Waals surface area contributed by atoms with Crippen molar-refractivity contribution in [2.24, 2.45) is 5.41 Å². The predicted molar refractivity (Wildman–Crippen MR) is 62.3 cm³/mol. The van der Waals surface area contributed by atoms with E-state index in [4.69, 9.17) is 5.26 Å². The SMILES string of the molecule is N#CC1(C=O)C=CC(c2ccccc2)=CC1. The molecule has 0 aromatic heterocycles. The molecule has 0 N–H and O–H groups in total. The van der Waals surface area contributed by atoms with Crippen LogP contribution in [0, 0.1) is 16.7 Å². The molecule has 78 valence electrons. The van der Waals surface area contributed by atoms with Crippen molar-refractivity contribution in [3.63, 3.8) is 0 Å². The summed E-state index contributed by atoms with van der Waals surface area (Å²) in [6, 6.07) is 12.0. The van der Waals surface area contributed by atoms with Gasteiger partial charge in [0.25, 0.3) is 0 Å². The molecule has 0 amide bonds. The van der Waals surface area contributed by atoms with Crippen molar-refractivity contribution in [2.75, 3.05) is 0 Å². The highest BCUT2D eigenvalue weighted by molar-refractivity contribution is 5.79. The largest absolute Gasteiger partial charge is 0.301 e. The van der Waals surface area contributed by atoms with E-state index >= 15 is 0 Å². The molecule has 0 bridgehead atoms. The van der Waals surface area contributed by atoms with Crippen LogP contribution in [0.5, 0.6) is 0 Å². The van der Waals surface area contributed by atoms with Gasteiger partial charge in [-0.25, -0.2) is 0 Å². The number of hydrogen-bond acceptors (Lipinski definition) is 2. The van der Waals surface area contributed by atoms with Crippen molar-refractivity contribution in [1.82, 2.24) is 0 Å². The van der Waals surface area contributed by atoms with Crippen LogP contribution in [0.15, 0.2) is 48.6 Å². The molecule has 2 nitrogen and oxygen atoms in total. The average molecular weight is 209 g/mol. The number of carbonyl (C=O) groups is 1. The van der Waals surface area contributed by atoms with E-state index < -0.39 is 5.41 Å². The molecule has 1 aromatic rings. The Bertz CT molecular complexity index is 493. The fourth-order valence-corrected chi connectivity index (χ4v) is 1.69. The first kappa shape index (κ1) is 10.4. The zero-order valence-electron chi connectivity index (χ0n) is 8.76. The van der Waals surface area contributed by atoms with Gasteiger partial charge in [0.15, 0.2) is 0 Å². The third-order valence-electron chi connectivity index (χ3n) is 2.75. The van der Waals surface area contributed by atoms with Gasteiger partial charge in [0, 0.05) is 0 Å². The third kappa shape index (κ3) is 1.80. The molecule has 2 rings (SSSR count). The number of nitrogens with zero attached hydrogens (tertiary/aromatic N) is 1. The molecule has 0 heterocycles. The van der Waals surface area contributed by atoms with Crippen molar-refractivity contribution in [1.29, 1.82) is 5.26 Å². The van der Waals surface area contributed by atoms with E-state index in [1.807, 2.05) is 48.6 Å². The van der Waals surface area contributed by atoms with E-state index in [9.17, 15) is 4.79 Å². The Balaban J connectivity index is 2.27. The van der Waals surface area contributed by atoms with Crippen LogP contribution in [0.25, 0.3) is 5.57 Å². The number of carbonyl (C=O) groups excluding carboxylic acids is 1. The number of hydrogen-bond donors (Lipinski definition) is 0. The maximum absolute atomic E-state index is 10.9. The normalized spacial score (nSPS) is 23.3. The first-order valence-electron chi connectivity index (χ1n) is 5.12. The lowest BCUT2D eigenvalue weighted by Crippen LogP contribution is -2.18. The zero-order valence-corrected chi connectivity index (χ0v) is 8.76. The second-order valence-corrected chi connectivity index (χ2v) is 3.83. The molecule has 0 saturated heterocycles. The van der Waals surface area contributed by atoms with Gasteiger partial charge in [0.1, 0.15) is 11.7 Å². The summed E-state index contributed by atoms with van der Waals surface area (Å²) in [6.45, 7) is 0. The second-order valence-electron chi connectivity index (χ2n) is 3.83. The summed E-state index contributed by atoms with van der Waals surface area (Å²) in [5.74, 6) is 0. The van der Waals surface area contributed by atoms with Crippen LogP contribution in [0.3, 0.4) is 0 Å². The van der Waals surface area contributed by atoms with Gasteiger partial charge in [0.2, 0.25) is 0 Å². The molecule has 0 fully saturated rings. The molecule has 0 spiro atoms. The van der Waals surface area contributed by atoms with Crippen molar-refractivity contribution in [2.45, 2.75) is 6.42 Å². The minimum Gasteiger partial charge on any atom is -0.301 e. The molecule has 1 atom stereocenters. The van der Waals surface area contributed by atoms with E-state index in [2.05, 4.69) is 0 Å². The number of allylic oxidation sites excluding steroid dienone is 4. The van der Waals surface area contributed by atoms with Gasteiger partial charge in [-0.15, -0.1) is 0 Å². The van der Waals surface area contributed by atoms with Gasteiger partial charge in [-0.05, 0) is 17.6 Å². The van der Waals surface area contributed by atoms with Crippen LogP contribution in [0.4, 0.5) is 0 Å². The van der Waals surface area contributed by atoms with Crippen LogP contribution in [-0.2, 0) is 4.79 Å². The van der Waals surface area contributed by atoms with Crippen LogP contribution in [0.1, 0.15) is 12.0 Å². The van der Waals surface area contributed by atoms with Crippen molar-refractivity contribution < 1.29 is 4.79 Å². The van der Waals surface area contributed by atoms with Gasteiger partial charge in [-0.1, -0.05) is 48.6 Å². The molecule has 0 saturated carbocycles. The summed E-state index contributed by atoms with van der Waals surface area (Å²) in [4.78, 5) is 10.9. The van der Waals surface area contributed by atoms with Crippen molar-refractivity contribution >= 4 is 11.9 Å². The Hall–Kier alpha value is -2.14. The summed E-state index contributed by atoms with van der Waals surface area (Å²) < 4.78 is 0. The Labute approximate surface area is 94.5 Å². The first-order valence-corrected chi connectivity index (χ1v) is 5.12. The molecule has 1 unspecified atom stereocenters. The lowest BCUT2D eigenvalue weighted by Gasteiger charge is -2.18. The Morgan fingerprint density at radius 3 is 2.56 bits per heavy atom. The molecule has 1 aliphatic rings. The summed E-state index contributed by atoms with van der Waals surface area (Å²) in [7, 11) is 0. The van der Waals surface area contributed by atoms with Gasteiger partial charge < -0.3 is 4.79 Å². The lowest BCUT2D eigenvalue weighted by molar-refractivity contribution is -0.112. The van der Waals surface area contributed by atoms with Crippen LogP contribution < -0.4 is 0 Å². The maximum Gasteiger partial charge on any atom is 0.144 e. The third-order valence-corrected chi connectivity index (χ3v) is 2.75. The Kier molecular flexibility index (Phi) is 2.70. The Morgan fingerprint density at radius 2 is 2.06 bits per heavy atom. The number of benzene rings is 1. The fourth-order valence-electron chi connectivity index (χ4n) is 1.69. The molecule has 0 aliphatic heterocycles. The average Bonchev–Trinajstić information content (AvgIpc) is 2.40. The van der Waals surface area contributed by atoms with E-state index in [1.165, 1.54) is 0 Å². The van der Waals surface area contributed by atoms with Crippen LogP contribution in [0.2, 0.25) is 0 Å². The van der Waals surface area contributed by atoms with Crippen molar-refractivity contribution in [3.8, 4) is 6.07 Å². The summed E-state index contributed by atoms with van der Waals surface area (Å²) in [5.41, 5.74) is 1.21. The highest BCUT2D eigenvalue weighted by atomic mass is 16.1. The standard InChI is InChI=1S/C14H11NO/c15-10-14(11-16)8-6-13(7-9-14)12-4-2-1-3-5-12/h1-8,11H,9H2. The molecular formula is C14H11NO. The van der Waals surface area contributed by atoms with E-state index in [-0.39, 0.29) is 0 Å².